The number of terminal acetylenes is 1. The molecule has 0 aliphatic heterocycles. The summed E-state index contributed by atoms with van der Waals surface area (Å²) < 4.78 is 15.5. The van der Waals surface area contributed by atoms with Crippen LogP contribution < -0.4 is 0 Å². The van der Waals surface area contributed by atoms with Crippen molar-refractivity contribution in [2.45, 2.75) is 50.5 Å². The molecular weight excluding hydrogens is 339 g/mol. The fraction of sp³-hybridized carbons (Fsp3) is 0.435. The topological polar surface area (TPSA) is 38.1 Å². The lowest BCUT2D eigenvalue weighted by Gasteiger charge is -2.47. The van der Waals surface area contributed by atoms with Gasteiger partial charge >= 0.3 is 0 Å². The van der Waals surface area contributed by atoms with Crippen LogP contribution in [0.2, 0.25) is 0 Å². The van der Waals surface area contributed by atoms with Crippen molar-refractivity contribution in [2.75, 3.05) is 0 Å². The third-order valence-electron chi connectivity index (χ3n) is 6.67. The van der Waals surface area contributed by atoms with E-state index in [1.54, 1.807) is 6.08 Å². The van der Waals surface area contributed by atoms with Gasteiger partial charge in [0.15, 0.2) is 0 Å². The second kappa shape index (κ2) is 5.81. The predicted octanol–water partition coefficient (Wildman–Crippen LogP) is 4.42. The maximum atomic E-state index is 13.6. The largest absolute Gasteiger partial charge is 0.378 e. The van der Waals surface area contributed by atoms with Crippen LogP contribution in [0.1, 0.15) is 49.8 Å². The summed E-state index contributed by atoms with van der Waals surface area (Å²) in [6, 6.07) is 0. The van der Waals surface area contributed by atoms with Gasteiger partial charge in [0, 0.05) is 11.8 Å². The Balaban J connectivity index is 1.58. The highest BCUT2D eigenvalue weighted by Gasteiger charge is 2.55. The average molecular weight is 362 g/mol. The number of halogens is 1. The molecule has 2 unspecified atom stereocenters. The van der Waals surface area contributed by atoms with E-state index >= 15 is 0 Å². The molecule has 4 heteroatoms. The molecule has 0 bridgehead atoms. The molecule has 5 rings (SSSR count). The Morgan fingerprint density at radius 1 is 1.33 bits per heavy atom. The molecule has 1 aromatic heterocycles. The summed E-state index contributed by atoms with van der Waals surface area (Å²) >= 11 is 0. The zero-order valence-corrected chi connectivity index (χ0v) is 15.3. The van der Waals surface area contributed by atoms with E-state index in [9.17, 15) is 9.50 Å². The molecule has 4 aliphatic rings. The van der Waals surface area contributed by atoms with E-state index in [0.717, 1.165) is 24.2 Å². The number of hydrogen-bond donors (Lipinski definition) is 1. The smallest absolute Gasteiger partial charge is 0.126 e. The molecular formula is C23H23FN2O. The van der Waals surface area contributed by atoms with Gasteiger partial charge in [0.05, 0.1) is 17.6 Å². The highest BCUT2D eigenvalue weighted by atomic mass is 19.1. The lowest BCUT2D eigenvalue weighted by molar-refractivity contribution is 0.0134. The molecule has 138 valence electrons. The Bertz CT molecular complexity index is 969. The van der Waals surface area contributed by atoms with Crippen LogP contribution in [0.3, 0.4) is 0 Å². The number of hydrogen-bond acceptors (Lipinski definition) is 2. The first-order valence-electron chi connectivity index (χ1n) is 9.74. The van der Waals surface area contributed by atoms with Crippen molar-refractivity contribution < 1.29 is 9.50 Å². The second-order valence-corrected chi connectivity index (χ2v) is 8.41. The van der Waals surface area contributed by atoms with Crippen LogP contribution in [-0.2, 0) is 6.42 Å². The van der Waals surface area contributed by atoms with Crippen LogP contribution in [0.4, 0.5) is 4.39 Å². The third kappa shape index (κ3) is 2.64. The summed E-state index contributed by atoms with van der Waals surface area (Å²) in [5, 5.41) is 15.4. The zero-order chi connectivity index (χ0) is 18.6. The third-order valence-corrected chi connectivity index (χ3v) is 6.67. The van der Waals surface area contributed by atoms with E-state index in [2.05, 4.69) is 17.1 Å². The minimum atomic E-state index is -0.998. The number of aromatic nitrogens is 2. The van der Waals surface area contributed by atoms with Crippen molar-refractivity contribution in [1.82, 2.24) is 9.78 Å². The van der Waals surface area contributed by atoms with Crippen LogP contribution in [0, 0.1) is 23.7 Å². The summed E-state index contributed by atoms with van der Waals surface area (Å²) in [6.07, 6.45) is 22.6. The van der Waals surface area contributed by atoms with Crippen molar-refractivity contribution in [3.63, 3.8) is 0 Å². The van der Waals surface area contributed by atoms with Gasteiger partial charge in [-0.05, 0) is 74.3 Å². The van der Waals surface area contributed by atoms with Crippen LogP contribution in [0.25, 0.3) is 11.8 Å². The van der Waals surface area contributed by atoms with Crippen molar-refractivity contribution in [2.24, 2.45) is 11.3 Å². The fourth-order valence-corrected chi connectivity index (χ4v) is 5.14. The van der Waals surface area contributed by atoms with E-state index in [1.807, 2.05) is 23.0 Å². The number of fused-ring (bicyclic) bond motifs is 2. The van der Waals surface area contributed by atoms with Crippen molar-refractivity contribution >= 4 is 11.8 Å². The van der Waals surface area contributed by atoms with Crippen LogP contribution in [0.15, 0.2) is 41.9 Å². The molecule has 0 radical (unpaired) electrons. The van der Waals surface area contributed by atoms with Gasteiger partial charge in [-0.1, -0.05) is 17.6 Å². The van der Waals surface area contributed by atoms with Gasteiger partial charge in [0.1, 0.15) is 11.4 Å². The molecule has 2 saturated carbocycles. The van der Waals surface area contributed by atoms with E-state index < -0.39 is 5.60 Å². The number of nitrogens with zero attached hydrogens (tertiary/aromatic N) is 2. The van der Waals surface area contributed by atoms with Gasteiger partial charge in [-0.15, -0.1) is 6.42 Å². The van der Waals surface area contributed by atoms with E-state index in [1.165, 1.54) is 30.1 Å². The number of rotatable bonds is 2. The monoisotopic (exact) mass is 362 g/mol. The second-order valence-electron chi connectivity index (χ2n) is 8.41. The first-order chi connectivity index (χ1) is 13.0. The molecule has 3 nitrogen and oxygen atoms in total. The van der Waals surface area contributed by atoms with Gasteiger partial charge in [0.25, 0.3) is 0 Å². The molecule has 27 heavy (non-hydrogen) atoms. The highest BCUT2D eigenvalue weighted by Crippen LogP contribution is 2.61. The Hall–Kier alpha value is -2.38. The molecule has 0 amide bonds. The quantitative estimate of drug-likeness (QED) is 0.791. The molecule has 2 atom stereocenters. The van der Waals surface area contributed by atoms with Gasteiger partial charge < -0.3 is 5.11 Å². The number of allylic oxidation sites excluding steroid dienone is 7. The molecule has 2 fully saturated rings. The molecule has 0 saturated heterocycles. The van der Waals surface area contributed by atoms with Gasteiger partial charge in [-0.25, -0.2) is 9.07 Å². The highest BCUT2D eigenvalue weighted by molar-refractivity contribution is 5.68. The lowest BCUT2D eigenvalue weighted by atomic mass is 9.58. The Kier molecular flexibility index (Phi) is 3.61. The lowest BCUT2D eigenvalue weighted by Crippen LogP contribution is -2.45. The minimum absolute atomic E-state index is 0.0279. The first-order valence-corrected chi connectivity index (χ1v) is 9.74. The Morgan fingerprint density at radius 2 is 2.19 bits per heavy atom. The standard InChI is InChI=1S/C23H23FN2O/c1-2-22(27)11-10-18-12-21-16(13-23(18,15-22)17-6-7-17)14-25-26(21)20-5-3-4-19(24)8-9-20/h1,3,5,8-9,12,14,17,27H,4,6-7,10-11,13,15H2. The summed E-state index contributed by atoms with van der Waals surface area (Å²) in [4.78, 5) is 0. The van der Waals surface area contributed by atoms with Crippen LogP contribution in [0.5, 0.6) is 0 Å². The van der Waals surface area contributed by atoms with E-state index in [-0.39, 0.29) is 11.2 Å². The zero-order valence-electron chi connectivity index (χ0n) is 15.3. The van der Waals surface area contributed by atoms with Crippen molar-refractivity contribution in [3.8, 4) is 12.3 Å². The molecule has 1 aromatic rings. The Morgan fingerprint density at radius 3 is 2.96 bits per heavy atom. The summed E-state index contributed by atoms with van der Waals surface area (Å²) in [6.45, 7) is 0. The summed E-state index contributed by atoms with van der Waals surface area (Å²) in [7, 11) is 0. The maximum absolute atomic E-state index is 13.6. The molecule has 0 aromatic carbocycles. The van der Waals surface area contributed by atoms with Crippen molar-refractivity contribution in [3.05, 3.63) is 53.2 Å². The average Bonchev–Trinajstić information content (AvgIpc) is 3.47. The fourth-order valence-electron chi connectivity index (χ4n) is 5.14. The van der Waals surface area contributed by atoms with Crippen LogP contribution >= 0.6 is 0 Å². The summed E-state index contributed by atoms with van der Waals surface area (Å²) in [5.41, 5.74) is 3.52. The van der Waals surface area contributed by atoms with E-state index in [4.69, 9.17) is 6.42 Å². The van der Waals surface area contributed by atoms with Gasteiger partial charge in [-0.3, -0.25) is 0 Å². The Labute approximate surface area is 159 Å². The molecule has 1 heterocycles. The van der Waals surface area contributed by atoms with E-state index in [0.29, 0.717) is 25.2 Å². The predicted molar refractivity (Wildman–Crippen MR) is 104 cm³/mol. The molecule has 1 N–H and O–H groups in total. The summed E-state index contributed by atoms with van der Waals surface area (Å²) in [5.74, 6) is 3.12. The van der Waals surface area contributed by atoms with Gasteiger partial charge in [-0.2, -0.15) is 5.10 Å². The minimum Gasteiger partial charge on any atom is -0.378 e. The molecule has 4 aliphatic carbocycles. The normalized spacial score (nSPS) is 32.4. The molecule has 0 spiro atoms. The van der Waals surface area contributed by atoms with Crippen molar-refractivity contribution in [1.29, 1.82) is 0 Å². The first kappa shape index (κ1) is 16.8. The van der Waals surface area contributed by atoms with Crippen LogP contribution in [-0.4, -0.2) is 20.5 Å². The van der Waals surface area contributed by atoms with Gasteiger partial charge in [0.2, 0.25) is 0 Å². The SMILES string of the molecule is C#CC1(O)CCC2=Cc3c(cnn3C3=CC=C(F)CC=C3)CC2(C2CC2)C1. The number of aliphatic hydroxyl groups is 1. The maximum Gasteiger partial charge on any atom is 0.126 e.